The number of benzene rings is 1. The highest BCUT2D eigenvalue weighted by Gasteiger charge is 2.07. The molecule has 0 amide bonds. The highest BCUT2D eigenvalue weighted by atomic mass is 35.5. The fourth-order valence-corrected chi connectivity index (χ4v) is 1.27. The average molecular weight is 216 g/mol. The van der Waals surface area contributed by atoms with Crippen LogP contribution in [0.15, 0.2) is 18.2 Å². The maximum atomic E-state index is 5.55. The Bertz CT molecular complexity index is 282. The van der Waals surface area contributed by atoms with E-state index in [1.165, 1.54) is 0 Å². The second-order valence-electron chi connectivity index (χ2n) is 2.98. The molecule has 0 heterocycles. The summed E-state index contributed by atoms with van der Waals surface area (Å²) in [7, 11) is 3.24. The summed E-state index contributed by atoms with van der Waals surface area (Å²) in [5.41, 5.74) is 1.02. The van der Waals surface area contributed by atoms with Gasteiger partial charge in [0.05, 0.1) is 14.2 Å². The third-order valence-electron chi connectivity index (χ3n) is 2.04. The molecule has 1 aromatic carbocycles. The number of ether oxygens (including phenoxy) is 2. The van der Waals surface area contributed by atoms with Gasteiger partial charge in [0.15, 0.2) is 0 Å². The lowest BCUT2D eigenvalue weighted by molar-refractivity contribution is 0.392. The van der Waals surface area contributed by atoms with Gasteiger partial charge in [-0.15, -0.1) is 0 Å². The van der Waals surface area contributed by atoms with Crippen molar-refractivity contribution in [2.75, 3.05) is 14.2 Å². The van der Waals surface area contributed by atoms with Crippen LogP contribution in [0.5, 0.6) is 11.5 Å². The molecule has 1 rings (SSSR count). The van der Waals surface area contributed by atoms with Crippen molar-refractivity contribution in [2.45, 2.75) is 13.0 Å². The lowest BCUT2D eigenvalue weighted by atomic mass is 10.1. The molecule has 0 aliphatic carbocycles. The molecule has 0 aliphatic heterocycles. The molecule has 0 aromatic heterocycles. The third kappa shape index (κ3) is 2.53. The van der Waals surface area contributed by atoms with Crippen LogP contribution in [0.3, 0.4) is 0 Å². The maximum Gasteiger partial charge on any atom is 0.122 e. The van der Waals surface area contributed by atoms with Crippen LogP contribution >= 0.6 is 11.8 Å². The summed E-state index contributed by atoms with van der Waals surface area (Å²) in [6.07, 6.45) is 0. The highest BCUT2D eigenvalue weighted by molar-refractivity contribution is 6.13. The lowest BCUT2D eigenvalue weighted by Crippen LogP contribution is -2.06. The first kappa shape index (κ1) is 11.1. The zero-order valence-corrected chi connectivity index (χ0v) is 9.26. The largest absolute Gasteiger partial charge is 0.497 e. The summed E-state index contributed by atoms with van der Waals surface area (Å²) < 4.78 is 10.3. The van der Waals surface area contributed by atoms with Crippen molar-refractivity contribution in [3.63, 3.8) is 0 Å². The molecule has 78 valence electrons. The molecule has 14 heavy (non-hydrogen) atoms. The van der Waals surface area contributed by atoms with Crippen molar-refractivity contribution in [2.24, 2.45) is 0 Å². The Kier molecular flexibility index (Phi) is 4.04. The van der Waals surface area contributed by atoms with E-state index in [0.29, 0.717) is 0 Å². The number of hydrogen-bond acceptors (Lipinski definition) is 3. The zero-order chi connectivity index (χ0) is 10.6. The molecule has 0 radical (unpaired) electrons. The molecule has 1 aromatic rings. The number of methoxy groups -OCH3 is 2. The van der Waals surface area contributed by atoms with E-state index in [2.05, 4.69) is 4.84 Å². The second-order valence-corrected chi connectivity index (χ2v) is 3.20. The van der Waals surface area contributed by atoms with Crippen LogP contribution in [0.2, 0.25) is 0 Å². The second kappa shape index (κ2) is 5.08. The normalized spacial score (nSPS) is 12.3. The first-order valence-corrected chi connectivity index (χ1v) is 4.68. The quantitative estimate of drug-likeness (QED) is 0.783. The van der Waals surface area contributed by atoms with Crippen LogP contribution in [0.25, 0.3) is 0 Å². The molecule has 0 aliphatic rings. The minimum Gasteiger partial charge on any atom is -0.497 e. The molecule has 0 spiro atoms. The number of nitrogens with one attached hydrogen (secondary N) is 1. The molecule has 0 unspecified atom stereocenters. The van der Waals surface area contributed by atoms with E-state index in [-0.39, 0.29) is 6.04 Å². The zero-order valence-electron chi connectivity index (χ0n) is 8.50. The Labute approximate surface area is 89.1 Å². The van der Waals surface area contributed by atoms with Crippen LogP contribution in [0.4, 0.5) is 0 Å². The van der Waals surface area contributed by atoms with Crippen molar-refractivity contribution in [3.05, 3.63) is 23.8 Å². The van der Waals surface area contributed by atoms with Gasteiger partial charge in [0, 0.05) is 12.1 Å². The van der Waals surface area contributed by atoms with Gasteiger partial charge in [-0.05, 0) is 36.4 Å². The summed E-state index contributed by atoms with van der Waals surface area (Å²) in [4.78, 5) is 2.64. The molecular formula is C10H14ClNO2. The Morgan fingerprint density at radius 1 is 1.14 bits per heavy atom. The Morgan fingerprint density at radius 2 is 1.64 bits per heavy atom. The van der Waals surface area contributed by atoms with Crippen molar-refractivity contribution in [3.8, 4) is 11.5 Å². The number of rotatable bonds is 4. The summed E-state index contributed by atoms with van der Waals surface area (Å²) in [6, 6.07) is 5.72. The molecular weight excluding hydrogens is 202 g/mol. The van der Waals surface area contributed by atoms with Gasteiger partial charge in [-0.25, -0.2) is 4.84 Å². The minimum absolute atomic E-state index is 0.0562. The molecule has 1 N–H and O–H groups in total. The van der Waals surface area contributed by atoms with E-state index >= 15 is 0 Å². The van der Waals surface area contributed by atoms with Crippen LogP contribution in [0, 0.1) is 0 Å². The Balaban J connectivity index is 3.04. The SMILES string of the molecule is COc1cc(OC)cc([C@H](C)NCl)c1. The molecule has 0 bridgehead atoms. The van der Waals surface area contributed by atoms with Gasteiger partial charge in [-0.1, -0.05) is 0 Å². The first-order valence-electron chi connectivity index (χ1n) is 4.30. The molecule has 1 atom stereocenters. The average Bonchev–Trinajstić information content (AvgIpc) is 2.27. The molecule has 0 saturated heterocycles. The van der Waals surface area contributed by atoms with E-state index in [4.69, 9.17) is 21.3 Å². The van der Waals surface area contributed by atoms with E-state index in [9.17, 15) is 0 Å². The number of halogens is 1. The Hall–Kier alpha value is -0.930. The van der Waals surface area contributed by atoms with Crippen molar-refractivity contribution >= 4 is 11.8 Å². The van der Waals surface area contributed by atoms with E-state index in [0.717, 1.165) is 17.1 Å². The van der Waals surface area contributed by atoms with E-state index < -0.39 is 0 Å². The highest BCUT2D eigenvalue weighted by Crippen LogP contribution is 2.26. The van der Waals surface area contributed by atoms with Crippen molar-refractivity contribution in [1.82, 2.24) is 4.84 Å². The third-order valence-corrected chi connectivity index (χ3v) is 2.36. The van der Waals surface area contributed by atoms with Gasteiger partial charge < -0.3 is 9.47 Å². The summed E-state index contributed by atoms with van der Waals surface area (Å²) in [5.74, 6) is 1.52. The van der Waals surface area contributed by atoms with Gasteiger partial charge in [0.1, 0.15) is 11.5 Å². The fourth-order valence-electron chi connectivity index (χ4n) is 1.14. The first-order chi connectivity index (χ1) is 6.71. The van der Waals surface area contributed by atoms with Crippen LogP contribution in [0.1, 0.15) is 18.5 Å². The van der Waals surface area contributed by atoms with Crippen LogP contribution in [-0.2, 0) is 0 Å². The minimum atomic E-state index is 0.0562. The summed E-state index contributed by atoms with van der Waals surface area (Å²) >= 11 is 5.55. The van der Waals surface area contributed by atoms with Crippen molar-refractivity contribution in [1.29, 1.82) is 0 Å². The van der Waals surface area contributed by atoms with Gasteiger partial charge in [0.25, 0.3) is 0 Å². The monoisotopic (exact) mass is 215 g/mol. The smallest absolute Gasteiger partial charge is 0.122 e. The predicted molar refractivity (Wildman–Crippen MR) is 56.9 cm³/mol. The van der Waals surface area contributed by atoms with E-state index in [1.807, 2.05) is 25.1 Å². The van der Waals surface area contributed by atoms with Gasteiger partial charge in [0.2, 0.25) is 0 Å². The molecule has 4 heteroatoms. The molecule has 3 nitrogen and oxygen atoms in total. The predicted octanol–water partition coefficient (Wildman–Crippen LogP) is 2.51. The summed E-state index contributed by atoms with van der Waals surface area (Å²) in [6.45, 7) is 1.96. The standard InChI is InChI=1S/C10H14ClNO2/c1-7(12-11)8-4-9(13-2)6-10(5-8)14-3/h4-7,12H,1-3H3/t7-/m0/s1. The van der Waals surface area contributed by atoms with Gasteiger partial charge >= 0.3 is 0 Å². The summed E-state index contributed by atoms with van der Waals surface area (Å²) in [5, 5.41) is 0. The maximum absolute atomic E-state index is 5.55. The van der Waals surface area contributed by atoms with Crippen LogP contribution in [-0.4, -0.2) is 14.2 Å². The van der Waals surface area contributed by atoms with Gasteiger partial charge in [-0.3, -0.25) is 0 Å². The van der Waals surface area contributed by atoms with Gasteiger partial charge in [-0.2, -0.15) is 0 Å². The topological polar surface area (TPSA) is 30.5 Å². The van der Waals surface area contributed by atoms with Crippen molar-refractivity contribution < 1.29 is 9.47 Å². The number of hydrogen-bond donors (Lipinski definition) is 1. The fraction of sp³-hybridized carbons (Fsp3) is 0.400. The Morgan fingerprint density at radius 3 is 2.00 bits per heavy atom. The molecule has 0 saturated carbocycles. The van der Waals surface area contributed by atoms with E-state index in [1.54, 1.807) is 14.2 Å². The lowest BCUT2D eigenvalue weighted by Gasteiger charge is -2.12. The van der Waals surface area contributed by atoms with Crippen LogP contribution < -0.4 is 14.3 Å². The molecule has 0 fully saturated rings.